The summed E-state index contributed by atoms with van der Waals surface area (Å²) in [6.45, 7) is 2.98. The van der Waals surface area contributed by atoms with E-state index in [1.807, 2.05) is 31.2 Å². The van der Waals surface area contributed by atoms with E-state index in [9.17, 15) is 14.4 Å². The number of furan rings is 1. The van der Waals surface area contributed by atoms with E-state index in [1.165, 1.54) is 0 Å². The summed E-state index contributed by atoms with van der Waals surface area (Å²) in [6.07, 6.45) is 1.58. The van der Waals surface area contributed by atoms with Crippen LogP contribution in [0, 0.1) is 0 Å². The molecule has 1 saturated heterocycles. The Hall–Kier alpha value is -3.67. The van der Waals surface area contributed by atoms with E-state index < -0.39 is 11.7 Å². The zero-order chi connectivity index (χ0) is 21.1. The molecule has 6 nitrogen and oxygen atoms in total. The van der Waals surface area contributed by atoms with E-state index in [2.05, 4.69) is 0 Å². The first-order chi connectivity index (χ1) is 14.5. The van der Waals surface area contributed by atoms with Crippen LogP contribution in [0.15, 0.2) is 77.4 Å². The average molecular weight is 402 g/mol. The van der Waals surface area contributed by atoms with Gasteiger partial charge in [0, 0.05) is 42.4 Å². The van der Waals surface area contributed by atoms with Crippen LogP contribution in [0.5, 0.6) is 0 Å². The molecule has 1 atom stereocenters. The Bertz CT molecular complexity index is 1040. The number of benzene rings is 2. The van der Waals surface area contributed by atoms with Gasteiger partial charge in [0.15, 0.2) is 0 Å². The van der Waals surface area contributed by atoms with Gasteiger partial charge in [0.2, 0.25) is 5.78 Å². The van der Waals surface area contributed by atoms with Gasteiger partial charge in [0.25, 0.3) is 11.8 Å². The Kier molecular flexibility index (Phi) is 5.48. The molecule has 2 amide bonds. The van der Waals surface area contributed by atoms with E-state index in [4.69, 9.17) is 4.42 Å². The van der Waals surface area contributed by atoms with Crippen LogP contribution in [0.3, 0.4) is 0 Å². The summed E-state index contributed by atoms with van der Waals surface area (Å²) in [6, 6.07) is 19.3. The van der Waals surface area contributed by atoms with Crippen molar-refractivity contribution in [1.82, 2.24) is 9.80 Å². The highest BCUT2D eigenvalue weighted by molar-refractivity contribution is 6.42. The van der Waals surface area contributed by atoms with Crippen molar-refractivity contribution in [3.05, 3.63) is 84.1 Å². The van der Waals surface area contributed by atoms with Gasteiger partial charge in [-0.3, -0.25) is 14.4 Å². The second kappa shape index (κ2) is 8.37. The average Bonchev–Trinajstić information content (AvgIpc) is 3.33. The first kappa shape index (κ1) is 19.6. The lowest BCUT2D eigenvalue weighted by Gasteiger charge is -2.39. The Balaban J connectivity index is 1.41. The minimum absolute atomic E-state index is 0.0607. The van der Waals surface area contributed by atoms with E-state index in [0.717, 1.165) is 5.56 Å². The zero-order valence-corrected chi connectivity index (χ0v) is 16.7. The van der Waals surface area contributed by atoms with Crippen molar-refractivity contribution in [3.8, 4) is 11.3 Å². The molecule has 1 aromatic heterocycles. The maximum absolute atomic E-state index is 12.8. The highest BCUT2D eigenvalue weighted by atomic mass is 16.3. The fraction of sp³-hybridized carbons (Fsp3) is 0.208. The van der Waals surface area contributed by atoms with Crippen molar-refractivity contribution in [1.29, 1.82) is 0 Å². The third-order valence-electron chi connectivity index (χ3n) is 5.34. The van der Waals surface area contributed by atoms with Crippen molar-refractivity contribution in [2.24, 2.45) is 0 Å². The van der Waals surface area contributed by atoms with E-state index >= 15 is 0 Å². The lowest BCUT2D eigenvalue weighted by Crippen LogP contribution is -2.56. The topological polar surface area (TPSA) is 70.8 Å². The first-order valence-electron chi connectivity index (χ1n) is 9.88. The molecule has 6 heteroatoms. The lowest BCUT2D eigenvalue weighted by molar-refractivity contribution is -0.130. The summed E-state index contributed by atoms with van der Waals surface area (Å²) >= 11 is 0. The van der Waals surface area contributed by atoms with Crippen LogP contribution in [0.2, 0.25) is 0 Å². The minimum atomic E-state index is -0.546. The fourth-order valence-electron chi connectivity index (χ4n) is 3.69. The van der Waals surface area contributed by atoms with Crippen molar-refractivity contribution in [2.45, 2.75) is 13.0 Å². The predicted octanol–water partition coefficient (Wildman–Crippen LogP) is 3.50. The Morgan fingerprint density at radius 3 is 2.23 bits per heavy atom. The summed E-state index contributed by atoms with van der Waals surface area (Å²) in [4.78, 5) is 41.5. The summed E-state index contributed by atoms with van der Waals surface area (Å²) < 4.78 is 5.35. The fourth-order valence-corrected chi connectivity index (χ4v) is 3.69. The van der Waals surface area contributed by atoms with Crippen molar-refractivity contribution in [2.75, 3.05) is 19.6 Å². The van der Waals surface area contributed by atoms with Gasteiger partial charge < -0.3 is 14.2 Å². The van der Waals surface area contributed by atoms with Crippen molar-refractivity contribution in [3.63, 3.8) is 0 Å². The van der Waals surface area contributed by atoms with Gasteiger partial charge in [-0.1, -0.05) is 42.5 Å². The predicted molar refractivity (Wildman–Crippen MR) is 112 cm³/mol. The summed E-state index contributed by atoms with van der Waals surface area (Å²) in [7, 11) is 0. The van der Waals surface area contributed by atoms with Gasteiger partial charge in [0.05, 0.1) is 6.26 Å². The number of rotatable bonds is 4. The molecule has 0 radical (unpaired) electrons. The summed E-state index contributed by atoms with van der Waals surface area (Å²) in [5, 5.41) is 0. The molecule has 0 aliphatic carbocycles. The molecule has 1 aliphatic rings. The lowest BCUT2D eigenvalue weighted by atomic mass is 10.0. The van der Waals surface area contributed by atoms with Crippen LogP contribution in [0.25, 0.3) is 11.3 Å². The number of carbonyl (C=O) groups excluding carboxylic acids is 3. The van der Waals surface area contributed by atoms with Gasteiger partial charge in [-0.25, -0.2) is 0 Å². The number of amides is 2. The van der Waals surface area contributed by atoms with E-state index in [-0.39, 0.29) is 11.9 Å². The van der Waals surface area contributed by atoms with Gasteiger partial charge in [0.1, 0.15) is 5.76 Å². The molecular formula is C24H22N2O4. The number of hydrogen-bond donors (Lipinski definition) is 0. The number of carbonyl (C=O) groups is 3. The van der Waals surface area contributed by atoms with Crippen LogP contribution in [-0.4, -0.2) is 53.1 Å². The summed E-state index contributed by atoms with van der Waals surface area (Å²) in [5.74, 6) is -0.446. The third kappa shape index (κ3) is 3.89. The quantitative estimate of drug-likeness (QED) is 0.495. The molecular weight excluding hydrogens is 380 g/mol. The third-order valence-corrected chi connectivity index (χ3v) is 5.34. The molecule has 1 aliphatic heterocycles. The highest BCUT2D eigenvalue weighted by Crippen LogP contribution is 2.21. The maximum Gasteiger partial charge on any atom is 0.295 e. The molecule has 0 bridgehead atoms. The molecule has 1 fully saturated rings. The van der Waals surface area contributed by atoms with E-state index in [0.29, 0.717) is 36.5 Å². The Labute approximate surface area is 174 Å². The van der Waals surface area contributed by atoms with E-state index in [1.54, 1.807) is 58.5 Å². The molecule has 2 heterocycles. The second-order valence-electron chi connectivity index (χ2n) is 7.35. The van der Waals surface area contributed by atoms with Gasteiger partial charge in [-0.2, -0.15) is 0 Å². The van der Waals surface area contributed by atoms with Crippen LogP contribution in [-0.2, 0) is 4.79 Å². The molecule has 2 aromatic carbocycles. The number of Topliss-reactive ketones (excluding diaryl/α,β-unsaturated/α-hetero) is 1. The molecule has 0 N–H and O–H groups in total. The van der Waals surface area contributed by atoms with Crippen molar-refractivity contribution >= 4 is 17.6 Å². The largest absolute Gasteiger partial charge is 0.464 e. The number of nitrogens with zero attached hydrogens (tertiary/aromatic N) is 2. The smallest absolute Gasteiger partial charge is 0.295 e. The van der Waals surface area contributed by atoms with Crippen LogP contribution < -0.4 is 0 Å². The normalized spacial score (nSPS) is 16.4. The standard InChI is InChI=1S/C24H22N2O4/c1-17-16-25(23(28)20-6-3-2-4-7-20)13-14-26(17)24(29)22(27)19-11-9-18(10-12-19)21-8-5-15-30-21/h2-12,15,17H,13-14,16H2,1H3. The number of hydrogen-bond acceptors (Lipinski definition) is 4. The highest BCUT2D eigenvalue weighted by Gasteiger charge is 2.33. The molecule has 3 aromatic rings. The minimum Gasteiger partial charge on any atom is -0.464 e. The molecule has 4 rings (SSSR count). The SMILES string of the molecule is CC1CN(C(=O)c2ccccc2)CCN1C(=O)C(=O)c1ccc(-c2ccco2)cc1. The molecule has 0 spiro atoms. The Morgan fingerprint density at radius 2 is 1.60 bits per heavy atom. The van der Waals surface area contributed by atoms with Crippen LogP contribution >= 0.6 is 0 Å². The number of piperazine rings is 1. The monoisotopic (exact) mass is 402 g/mol. The van der Waals surface area contributed by atoms with Gasteiger partial charge >= 0.3 is 0 Å². The summed E-state index contributed by atoms with van der Waals surface area (Å²) in [5.41, 5.74) is 1.80. The van der Waals surface area contributed by atoms with Crippen LogP contribution in [0.4, 0.5) is 0 Å². The van der Waals surface area contributed by atoms with Gasteiger partial charge in [-0.15, -0.1) is 0 Å². The molecule has 30 heavy (non-hydrogen) atoms. The Morgan fingerprint density at radius 1 is 0.867 bits per heavy atom. The molecule has 0 saturated carbocycles. The first-order valence-corrected chi connectivity index (χ1v) is 9.88. The second-order valence-corrected chi connectivity index (χ2v) is 7.35. The zero-order valence-electron chi connectivity index (χ0n) is 16.7. The number of ketones is 1. The van der Waals surface area contributed by atoms with Gasteiger partial charge in [-0.05, 0) is 31.2 Å². The maximum atomic E-state index is 12.8. The van der Waals surface area contributed by atoms with Crippen LogP contribution in [0.1, 0.15) is 27.6 Å². The molecule has 152 valence electrons. The molecule has 1 unspecified atom stereocenters. The van der Waals surface area contributed by atoms with Crippen molar-refractivity contribution < 1.29 is 18.8 Å².